The van der Waals surface area contributed by atoms with E-state index in [0.717, 1.165) is 48.5 Å². The first-order valence-corrected chi connectivity index (χ1v) is 11.2. The van der Waals surface area contributed by atoms with E-state index in [1.165, 1.54) is 17.8 Å². The lowest BCUT2D eigenvalue weighted by Gasteiger charge is -2.34. The number of nitrogens with one attached hydrogen (secondary N) is 1. The van der Waals surface area contributed by atoms with Gasteiger partial charge in [-0.1, -0.05) is 24.3 Å². The first-order chi connectivity index (χ1) is 16.1. The Bertz CT molecular complexity index is 1320. The Balaban J connectivity index is 1.40. The number of likely N-dealkylation sites (N-methyl/N-ethyl adjacent to an activating group) is 1. The molecule has 0 atom stereocenters. The summed E-state index contributed by atoms with van der Waals surface area (Å²) in [5, 5.41) is 4.37. The van der Waals surface area contributed by atoms with Gasteiger partial charge in [-0.2, -0.15) is 0 Å². The second-order valence-corrected chi connectivity index (χ2v) is 8.58. The van der Waals surface area contributed by atoms with Crippen molar-refractivity contribution in [3.8, 4) is 0 Å². The zero-order valence-corrected chi connectivity index (χ0v) is 18.7. The molecule has 1 saturated heterocycles. The van der Waals surface area contributed by atoms with Crippen LogP contribution in [-0.4, -0.2) is 42.7 Å². The number of halogens is 1. The molecule has 0 radical (unpaired) electrons. The topological polar surface area (TPSA) is 40.5 Å². The Morgan fingerprint density at radius 1 is 0.848 bits per heavy atom. The van der Waals surface area contributed by atoms with Crippen molar-refractivity contribution in [3.63, 3.8) is 0 Å². The molecule has 33 heavy (non-hydrogen) atoms. The van der Waals surface area contributed by atoms with Gasteiger partial charge in [0.05, 0.1) is 12.1 Å². The molecule has 0 spiro atoms. The van der Waals surface area contributed by atoms with Crippen LogP contribution in [0.4, 0.5) is 21.5 Å². The minimum atomic E-state index is -0.309. The third kappa shape index (κ3) is 4.61. The second-order valence-electron chi connectivity index (χ2n) is 8.58. The van der Waals surface area contributed by atoms with Crippen LogP contribution in [-0.2, 0) is 6.54 Å². The van der Waals surface area contributed by atoms with Crippen molar-refractivity contribution in [3.05, 3.63) is 101 Å². The lowest BCUT2D eigenvalue weighted by atomic mass is 10.1. The van der Waals surface area contributed by atoms with E-state index < -0.39 is 0 Å². The van der Waals surface area contributed by atoms with Crippen molar-refractivity contribution in [2.24, 2.45) is 0 Å². The highest BCUT2D eigenvalue weighted by molar-refractivity contribution is 5.83. The van der Waals surface area contributed by atoms with Gasteiger partial charge in [-0.25, -0.2) is 4.39 Å². The van der Waals surface area contributed by atoms with Crippen LogP contribution >= 0.6 is 0 Å². The van der Waals surface area contributed by atoms with Crippen LogP contribution in [0.3, 0.4) is 0 Å². The van der Waals surface area contributed by atoms with E-state index in [9.17, 15) is 9.18 Å². The number of piperazine rings is 1. The van der Waals surface area contributed by atoms with Gasteiger partial charge in [-0.3, -0.25) is 4.79 Å². The van der Waals surface area contributed by atoms with E-state index in [2.05, 4.69) is 46.4 Å². The summed E-state index contributed by atoms with van der Waals surface area (Å²) >= 11 is 0. The molecule has 0 amide bonds. The average Bonchev–Trinajstić information content (AvgIpc) is 2.83. The summed E-state index contributed by atoms with van der Waals surface area (Å²) in [6.45, 7) is 4.41. The predicted octanol–water partition coefficient (Wildman–Crippen LogP) is 4.68. The Labute approximate surface area is 192 Å². The van der Waals surface area contributed by atoms with Crippen LogP contribution in [0.2, 0.25) is 0 Å². The number of nitrogens with zero attached hydrogens (tertiary/aromatic N) is 3. The molecule has 2 heterocycles. The van der Waals surface area contributed by atoms with Gasteiger partial charge in [0.25, 0.3) is 5.56 Å². The Morgan fingerprint density at radius 3 is 2.30 bits per heavy atom. The first kappa shape index (κ1) is 21.2. The molecule has 0 saturated carbocycles. The maximum Gasteiger partial charge on any atom is 0.251 e. The van der Waals surface area contributed by atoms with Crippen LogP contribution in [0, 0.1) is 5.82 Å². The molecule has 1 aliphatic rings. The fourth-order valence-electron chi connectivity index (χ4n) is 4.31. The Kier molecular flexibility index (Phi) is 5.84. The van der Waals surface area contributed by atoms with Gasteiger partial charge in [0.2, 0.25) is 0 Å². The Hall–Kier alpha value is -3.64. The zero-order valence-electron chi connectivity index (χ0n) is 18.7. The van der Waals surface area contributed by atoms with E-state index in [0.29, 0.717) is 5.56 Å². The number of pyridine rings is 1. The smallest absolute Gasteiger partial charge is 0.251 e. The predicted molar refractivity (Wildman–Crippen MR) is 133 cm³/mol. The summed E-state index contributed by atoms with van der Waals surface area (Å²) in [5.74, 6) is -0.309. The summed E-state index contributed by atoms with van der Waals surface area (Å²) in [7, 11) is 2.16. The molecule has 0 bridgehead atoms. The van der Waals surface area contributed by atoms with Crippen molar-refractivity contribution in [2.45, 2.75) is 6.54 Å². The summed E-state index contributed by atoms with van der Waals surface area (Å²) in [6.07, 6.45) is 0. The Morgan fingerprint density at radius 2 is 1.55 bits per heavy atom. The van der Waals surface area contributed by atoms with E-state index in [4.69, 9.17) is 0 Å². The molecule has 4 aromatic rings. The van der Waals surface area contributed by atoms with Crippen molar-refractivity contribution in [1.82, 2.24) is 9.47 Å². The van der Waals surface area contributed by atoms with Gasteiger partial charge < -0.3 is 19.7 Å². The number of aromatic nitrogens is 1. The molecule has 6 heteroatoms. The van der Waals surface area contributed by atoms with E-state index in [1.54, 1.807) is 22.8 Å². The lowest BCUT2D eigenvalue weighted by molar-refractivity contribution is 0.313. The molecular formula is C27H27FN4O. The molecule has 168 valence electrons. The van der Waals surface area contributed by atoms with Crippen molar-refractivity contribution >= 4 is 28.0 Å². The zero-order chi connectivity index (χ0) is 22.8. The number of fused-ring (bicyclic) bond motifs is 1. The number of hydrogen-bond donors (Lipinski definition) is 1. The highest BCUT2D eigenvalue weighted by Gasteiger charge is 2.14. The summed E-state index contributed by atoms with van der Waals surface area (Å²) in [5.41, 5.74) is 4.19. The molecule has 5 rings (SSSR count). The molecule has 0 unspecified atom stereocenters. The fraction of sp³-hybridized carbons (Fsp3) is 0.222. The van der Waals surface area contributed by atoms with Crippen molar-refractivity contribution < 1.29 is 4.39 Å². The van der Waals surface area contributed by atoms with Crippen molar-refractivity contribution in [1.29, 1.82) is 0 Å². The van der Waals surface area contributed by atoms with Crippen molar-refractivity contribution in [2.75, 3.05) is 43.4 Å². The van der Waals surface area contributed by atoms with Gasteiger partial charge in [-0.05, 0) is 61.0 Å². The minimum Gasteiger partial charge on any atom is -0.369 e. The SMILES string of the molecule is CN1CCN(c2ccc(Nc3ccc4ccc(=O)n(Cc5ccccc5F)c4c3)cc2)CC1. The van der Waals surface area contributed by atoms with Crippen LogP contribution in [0.1, 0.15) is 5.56 Å². The molecule has 1 N–H and O–H groups in total. The third-order valence-corrected chi connectivity index (χ3v) is 6.30. The number of rotatable bonds is 5. The van der Waals surface area contributed by atoms with Gasteiger partial charge in [0.15, 0.2) is 0 Å². The monoisotopic (exact) mass is 442 g/mol. The maximum atomic E-state index is 14.2. The standard InChI is InChI=1S/C27H27FN4O/c1-30-14-16-31(17-15-30)24-11-9-22(10-12-24)29-23-8-6-20-7-13-27(33)32(26(20)18-23)19-21-4-2-3-5-25(21)28/h2-13,18,29H,14-17,19H2,1H3. The largest absolute Gasteiger partial charge is 0.369 e. The second kappa shape index (κ2) is 9.08. The first-order valence-electron chi connectivity index (χ1n) is 11.2. The molecule has 0 aliphatic carbocycles. The van der Waals surface area contributed by atoms with Crippen LogP contribution < -0.4 is 15.8 Å². The molecule has 5 nitrogen and oxygen atoms in total. The number of anilines is 3. The molecule has 1 aromatic heterocycles. The highest BCUT2D eigenvalue weighted by atomic mass is 19.1. The lowest BCUT2D eigenvalue weighted by Crippen LogP contribution is -2.44. The van der Waals surface area contributed by atoms with Gasteiger partial charge >= 0.3 is 0 Å². The highest BCUT2D eigenvalue weighted by Crippen LogP contribution is 2.25. The number of hydrogen-bond acceptors (Lipinski definition) is 4. The van der Waals surface area contributed by atoms with Crippen LogP contribution in [0.25, 0.3) is 10.9 Å². The summed E-state index contributed by atoms with van der Waals surface area (Å²) in [4.78, 5) is 17.4. The van der Waals surface area contributed by atoms with Gasteiger partial charge in [-0.15, -0.1) is 0 Å². The molecule has 1 fully saturated rings. The fourth-order valence-corrected chi connectivity index (χ4v) is 4.31. The summed E-state index contributed by atoms with van der Waals surface area (Å²) in [6, 6.07) is 24.3. The van der Waals surface area contributed by atoms with Crippen LogP contribution in [0.5, 0.6) is 0 Å². The molecular weight excluding hydrogens is 415 g/mol. The van der Waals surface area contributed by atoms with Gasteiger partial charge in [0.1, 0.15) is 5.82 Å². The van der Waals surface area contributed by atoms with Crippen LogP contribution in [0.15, 0.2) is 83.7 Å². The minimum absolute atomic E-state index is 0.153. The van der Waals surface area contributed by atoms with E-state index >= 15 is 0 Å². The third-order valence-electron chi connectivity index (χ3n) is 6.30. The quantitative estimate of drug-likeness (QED) is 0.487. The van der Waals surface area contributed by atoms with E-state index in [1.807, 2.05) is 24.3 Å². The average molecular weight is 443 g/mol. The van der Waals surface area contributed by atoms with Gasteiger partial charge in [0, 0.05) is 54.9 Å². The molecule has 3 aromatic carbocycles. The molecule has 1 aliphatic heterocycles. The maximum absolute atomic E-state index is 14.2. The number of benzene rings is 3. The van der Waals surface area contributed by atoms with E-state index in [-0.39, 0.29) is 17.9 Å². The summed E-state index contributed by atoms with van der Waals surface area (Å²) < 4.78 is 15.8. The normalized spacial score (nSPS) is 14.5.